The maximum atomic E-state index is 12.9. The van der Waals surface area contributed by atoms with Crippen LogP contribution in [0.4, 0.5) is 4.39 Å². The summed E-state index contributed by atoms with van der Waals surface area (Å²) in [5, 5.41) is 0. The number of hydrogen-bond donors (Lipinski definition) is 0. The van der Waals surface area contributed by atoms with Gasteiger partial charge in [-0.3, -0.25) is 9.78 Å². The van der Waals surface area contributed by atoms with E-state index in [9.17, 15) is 9.18 Å². The van der Waals surface area contributed by atoms with Gasteiger partial charge in [0.2, 0.25) is 0 Å². The number of carbonyl (C=O) groups is 1. The maximum Gasteiger partial charge on any atom is 0.272 e. The lowest BCUT2D eigenvalue weighted by Crippen LogP contribution is -2.60. The summed E-state index contributed by atoms with van der Waals surface area (Å²) >= 11 is 0. The van der Waals surface area contributed by atoms with Crippen LogP contribution in [0.15, 0.2) is 42.6 Å². The predicted molar refractivity (Wildman–Crippen MR) is 80.9 cm³/mol. The summed E-state index contributed by atoms with van der Waals surface area (Å²) in [7, 11) is 1.76. The molecule has 1 aliphatic heterocycles. The first-order chi connectivity index (χ1) is 10.5. The van der Waals surface area contributed by atoms with Crippen LogP contribution in [0, 0.1) is 5.82 Å². The molecule has 0 N–H and O–H groups in total. The minimum absolute atomic E-state index is 0.128. The van der Waals surface area contributed by atoms with Crippen molar-refractivity contribution >= 4 is 5.91 Å². The van der Waals surface area contributed by atoms with Crippen molar-refractivity contribution in [1.82, 2.24) is 9.88 Å². The molecule has 0 saturated carbocycles. The van der Waals surface area contributed by atoms with Gasteiger partial charge in [-0.1, -0.05) is 18.2 Å². The number of benzene rings is 1. The van der Waals surface area contributed by atoms with Crippen LogP contribution in [-0.2, 0) is 4.74 Å². The van der Waals surface area contributed by atoms with E-state index < -0.39 is 0 Å². The number of carbonyl (C=O) groups excluding carboxylic acids is 1. The van der Waals surface area contributed by atoms with Crippen LogP contribution in [0.25, 0.3) is 11.1 Å². The molecular weight excluding hydrogens is 283 g/mol. The highest BCUT2D eigenvalue weighted by Gasteiger charge is 2.40. The molecule has 0 atom stereocenters. The Hall–Kier alpha value is -2.27. The molecule has 0 bridgehead atoms. The highest BCUT2D eigenvalue weighted by atomic mass is 19.1. The molecule has 0 radical (unpaired) electrons. The second-order valence-corrected chi connectivity index (χ2v) is 5.79. The summed E-state index contributed by atoms with van der Waals surface area (Å²) in [6.07, 6.45) is 1.63. The zero-order valence-corrected chi connectivity index (χ0v) is 12.5. The van der Waals surface area contributed by atoms with Gasteiger partial charge >= 0.3 is 0 Å². The Labute approximate surface area is 128 Å². The van der Waals surface area contributed by atoms with Gasteiger partial charge in [-0.15, -0.1) is 0 Å². The van der Waals surface area contributed by atoms with E-state index in [1.165, 1.54) is 12.1 Å². The van der Waals surface area contributed by atoms with Crippen molar-refractivity contribution in [1.29, 1.82) is 0 Å². The fourth-order valence-corrected chi connectivity index (χ4v) is 2.34. The molecule has 4 nitrogen and oxygen atoms in total. The lowest BCUT2D eigenvalue weighted by molar-refractivity contribution is -0.108. The molecule has 1 amide bonds. The molecule has 22 heavy (non-hydrogen) atoms. The third-order valence-electron chi connectivity index (χ3n) is 4.10. The summed E-state index contributed by atoms with van der Waals surface area (Å²) in [6.45, 7) is 3.08. The Kier molecular flexibility index (Phi) is 3.66. The molecule has 1 fully saturated rings. The summed E-state index contributed by atoms with van der Waals surface area (Å²) in [5.74, 6) is -0.405. The van der Waals surface area contributed by atoms with Gasteiger partial charge in [-0.05, 0) is 30.7 Å². The Morgan fingerprint density at radius 3 is 2.32 bits per heavy atom. The van der Waals surface area contributed by atoms with Crippen LogP contribution < -0.4 is 0 Å². The van der Waals surface area contributed by atoms with Crippen LogP contribution in [0.3, 0.4) is 0 Å². The van der Waals surface area contributed by atoms with Gasteiger partial charge in [0.25, 0.3) is 5.91 Å². The van der Waals surface area contributed by atoms with Gasteiger partial charge in [-0.25, -0.2) is 4.39 Å². The van der Waals surface area contributed by atoms with Gasteiger partial charge in [0, 0.05) is 18.8 Å². The number of rotatable bonds is 3. The summed E-state index contributed by atoms with van der Waals surface area (Å²) in [4.78, 5) is 18.4. The second kappa shape index (κ2) is 5.50. The molecule has 114 valence electrons. The first-order valence-electron chi connectivity index (χ1n) is 7.07. The summed E-state index contributed by atoms with van der Waals surface area (Å²) < 4.78 is 18.1. The van der Waals surface area contributed by atoms with Crippen LogP contribution in [0.1, 0.15) is 17.4 Å². The van der Waals surface area contributed by atoms with Crippen molar-refractivity contribution in [3.63, 3.8) is 0 Å². The van der Waals surface area contributed by atoms with Crippen molar-refractivity contribution in [2.24, 2.45) is 0 Å². The maximum absolute atomic E-state index is 12.9. The molecule has 1 aromatic carbocycles. The SMILES string of the molecule is CN(C(=O)c1ccc(-c2ccc(F)cc2)cn1)C1(C)COC1. The quantitative estimate of drug-likeness (QED) is 0.875. The number of pyridine rings is 1. The highest BCUT2D eigenvalue weighted by Crippen LogP contribution is 2.25. The van der Waals surface area contributed by atoms with Crippen LogP contribution in [-0.4, -0.2) is 41.6 Å². The van der Waals surface area contributed by atoms with Crippen LogP contribution in [0.2, 0.25) is 0 Å². The number of aromatic nitrogens is 1. The fraction of sp³-hybridized carbons (Fsp3) is 0.294. The zero-order valence-electron chi connectivity index (χ0n) is 12.5. The molecule has 2 heterocycles. The van der Waals surface area contributed by atoms with Crippen molar-refractivity contribution in [2.45, 2.75) is 12.5 Å². The first-order valence-corrected chi connectivity index (χ1v) is 7.07. The largest absolute Gasteiger partial charge is 0.376 e. The average Bonchev–Trinajstić information content (AvgIpc) is 2.52. The number of ether oxygens (including phenoxy) is 1. The molecule has 3 rings (SSSR count). The predicted octanol–water partition coefficient (Wildman–Crippen LogP) is 2.75. The molecule has 0 aliphatic carbocycles. The molecule has 1 aliphatic rings. The summed E-state index contributed by atoms with van der Waals surface area (Å²) in [5.41, 5.74) is 1.84. The molecule has 5 heteroatoms. The molecule has 0 spiro atoms. The normalized spacial score (nSPS) is 16.0. The van der Waals surface area contributed by atoms with Crippen molar-refractivity contribution < 1.29 is 13.9 Å². The smallest absolute Gasteiger partial charge is 0.272 e. The second-order valence-electron chi connectivity index (χ2n) is 5.79. The van der Waals surface area contributed by atoms with Gasteiger partial charge in [0.1, 0.15) is 11.5 Å². The number of likely N-dealkylation sites (N-methyl/N-ethyl adjacent to an activating group) is 1. The van der Waals surface area contributed by atoms with E-state index in [2.05, 4.69) is 4.98 Å². The van der Waals surface area contributed by atoms with Gasteiger partial charge in [0.15, 0.2) is 0 Å². The van der Waals surface area contributed by atoms with E-state index in [1.807, 2.05) is 13.0 Å². The van der Waals surface area contributed by atoms with E-state index in [4.69, 9.17) is 4.74 Å². The van der Waals surface area contributed by atoms with Gasteiger partial charge < -0.3 is 9.64 Å². The Bertz CT molecular complexity index is 679. The van der Waals surface area contributed by atoms with Crippen molar-refractivity contribution in [3.05, 3.63) is 54.1 Å². The van der Waals surface area contributed by atoms with E-state index in [1.54, 1.807) is 36.3 Å². The summed E-state index contributed by atoms with van der Waals surface area (Å²) in [6, 6.07) is 9.69. The molecule has 0 unspecified atom stereocenters. The Morgan fingerprint density at radius 2 is 1.82 bits per heavy atom. The molecule has 1 saturated heterocycles. The standard InChI is InChI=1S/C17H17FN2O2/c1-17(10-22-11-17)20(2)16(21)15-8-5-13(9-19-15)12-3-6-14(18)7-4-12/h3-9H,10-11H2,1-2H3. The third kappa shape index (κ3) is 2.60. The first kappa shape index (κ1) is 14.7. The minimum atomic E-state index is -0.277. The number of nitrogens with zero attached hydrogens (tertiary/aromatic N) is 2. The lowest BCUT2D eigenvalue weighted by atomic mass is 9.98. The molecule has 1 aromatic heterocycles. The Balaban J connectivity index is 1.79. The third-order valence-corrected chi connectivity index (χ3v) is 4.10. The lowest BCUT2D eigenvalue weighted by Gasteiger charge is -2.45. The van der Waals surface area contributed by atoms with Crippen LogP contribution in [0.5, 0.6) is 0 Å². The minimum Gasteiger partial charge on any atom is -0.376 e. The van der Waals surface area contributed by atoms with E-state index in [0.29, 0.717) is 18.9 Å². The highest BCUT2D eigenvalue weighted by molar-refractivity contribution is 5.93. The van der Waals surface area contributed by atoms with Gasteiger partial charge in [0.05, 0.1) is 18.8 Å². The van der Waals surface area contributed by atoms with E-state index >= 15 is 0 Å². The topological polar surface area (TPSA) is 42.4 Å². The average molecular weight is 300 g/mol. The monoisotopic (exact) mass is 300 g/mol. The van der Waals surface area contributed by atoms with Crippen molar-refractivity contribution in [3.8, 4) is 11.1 Å². The van der Waals surface area contributed by atoms with E-state index in [0.717, 1.165) is 11.1 Å². The number of hydrogen-bond acceptors (Lipinski definition) is 3. The Morgan fingerprint density at radius 1 is 1.18 bits per heavy atom. The zero-order chi connectivity index (χ0) is 15.7. The molecule has 2 aromatic rings. The fourth-order valence-electron chi connectivity index (χ4n) is 2.34. The van der Waals surface area contributed by atoms with Crippen molar-refractivity contribution in [2.75, 3.05) is 20.3 Å². The number of halogens is 1. The van der Waals surface area contributed by atoms with Crippen LogP contribution >= 0.6 is 0 Å². The van der Waals surface area contributed by atoms with Gasteiger partial charge in [-0.2, -0.15) is 0 Å². The molecular formula is C17H17FN2O2. The van der Waals surface area contributed by atoms with E-state index in [-0.39, 0.29) is 17.3 Å². The number of amides is 1.